The second-order valence-electron chi connectivity index (χ2n) is 16.5. The van der Waals surface area contributed by atoms with Crippen LogP contribution < -0.4 is 0 Å². The number of unbranched alkanes of at least 4 members (excludes halogenated alkanes) is 2. The number of aliphatic carboxylic acids is 1. The number of carboxylic acids is 1. The van der Waals surface area contributed by atoms with Crippen molar-refractivity contribution in [3.63, 3.8) is 0 Å². The number of ether oxygens (including phenoxy) is 6. The molecule has 2 heterocycles. The fraction of sp³-hybridized carbons (Fsp3) is 0.660. The van der Waals surface area contributed by atoms with Gasteiger partial charge in [0.15, 0.2) is 5.78 Å². The standard InChI is InChI=1S/C18H28O5.C16H28O5.C16H24O4/c1-13-11-14(2)18(23-15(3)19)16(21-4)9-7-5-6-8-10-17(20)22-12-13;1-12(11-17)10-13(2)16(20)14(21-3)8-6-4-5-7-9-15(18)19;1-12-10-13(2)16(18)14(19-3)8-6-4-5-7-9-15(17)20-11-12/h7,9,11,14,16,18H,5-6,8,10,12H2,1-4H3;6,8,10,13-14,16-17,20H,4-5,7,9,11H2,1-3H3,(H,18,19);6,8,10,13-14H,4-5,7,9,11H2,1-3H3/b9-7+,13-11-;2*8-6+,12-10-/t14?,16-,18-;13?,14-,16-;13?,14-/m000/s1. The van der Waals surface area contributed by atoms with Crippen molar-refractivity contribution in [1.29, 1.82) is 0 Å². The number of rotatable bonds is 14. The van der Waals surface area contributed by atoms with Gasteiger partial charge in [-0.2, -0.15) is 0 Å². The largest absolute Gasteiger partial charge is 0.481 e. The highest BCUT2D eigenvalue weighted by Crippen LogP contribution is 2.21. The molecule has 3 unspecified atom stereocenters. The van der Waals surface area contributed by atoms with Crippen molar-refractivity contribution in [3.8, 4) is 0 Å². The van der Waals surface area contributed by atoms with Gasteiger partial charge in [0, 0.05) is 65.3 Å². The summed E-state index contributed by atoms with van der Waals surface area (Å²) in [6.45, 7) is 13.1. The fourth-order valence-electron chi connectivity index (χ4n) is 6.73. The van der Waals surface area contributed by atoms with Crippen LogP contribution in [-0.2, 0) is 52.4 Å². The summed E-state index contributed by atoms with van der Waals surface area (Å²) in [6.07, 6.45) is 23.1. The molecule has 14 nitrogen and oxygen atoms in total. The van der Waals surface area contributed by atoms with Crippen LogP contribution in [0.2, 0.25) is 0 Å². The van der Waals surface area contributed by atoms with Crippen LogP contribution in [0.4, 0.5) is 0 Å². The van der Waals surface area contributed by atoms with Crippen molar-refractivity contribution in [2.75, 3.05) is 41.2 Å². The van der Waals surface area contributed by atoms with Crippen LogP contribution in [0.1, 0.15) is 126 Å². The van der Waals surface area contributed by atoms with Crippen molar-refractivity contribution >= 4 is 29.7 Å². The Morgan fingerprint density at radius 3 is 1.95 bits per heavy atom. The van der Waals surface area contributed by atoms with E-state index in [4.69, 9.17) is 38.6 Å². The molecule has 2 aliphatic heterocycles. The Balaban J connectivity index is 0.000000933. The number of carbonyl (C=O) groups is 5. The maximum absolute atomic E-state index is 12.2. The summed E-state index contributed by atoms with van der Waals surface area (Å²) in [7, 11) is 4.69. The molecule has 0 aromatic rings. The van der Waals surface area contributed by atoms with E-state index in [2.05, 4.69) is 0 Å². The van der Waals surface area contributed by atoms with E-state index in [-0.39, 0.29) is 73.8 Å². The molecule has 364 valence electrons. The van der Waals surface area contributed by atoms with Gasteiger partial charge in [-0.05, 0) is 89.7 Å². The normalized spacial score (nSPS) is 26.4. The number of esters is 3. The van der Waals surface area contributed by atoms with Crippen LogP contribution in [0.3, 0.4) is 0 Å². The van der Waals surface area contributed by atoms with Gasteiger partial charge >= 0.3 is 23.9 Å². The van der Waals surface area contributed by atoms with Crippen LogP contribution in [-0.4, -0.2) is 117 Å². The van der Waals surface area contributed by atoms with Gasteiger partial charge in [-0.25, -0.2) is 0 Å². The van der Waals surface area contributed by atoms with Crippen molar-refractivity contribution in [2.24, 2.45) is 17.8 Å². The van der Waals surface area contributed by atoms with Gasteiger partial charge < -0.3 is 43.7 Å². The first kappa shape index (κ1) is 59.8. The van der Waals surface area contributed by atoms with Crippen LogP contribution in [0.5, 0.6) is 0 Å². The Labute approximate surface area is 382 Å². The van der Waals surface area contributed by atoms with Gasteiger partial charge in [-0.15, -0.1) is 0 Å². The van der Waals surface area contributed by atoms with E-state index in [1.807, 2.05) is 96.2 Å². The number of methoxy groups -OCH3 is 3. The molecule has 0 spiro atoms. The molecule has 2 rings (SSSR count). The molecule has 8 atom stereocenters. The summed E-state index contributed by atoms with van der Waals surface area (Å²) >= 11 is 0. The number of allylic oxidation sites excluding steroid dienone is 4. The lowest BCUT2D eigenvalue weighted by Crippen LogP contribution is -2.36. The number of aliphatic hydroxyl groups excluding tert-OH is 2. The van der Waals surface area contributed by atoms with E-state index >= 15 is 0 Å². The third kappa shape index (κ3) is 28.6. The minimum Gasteiger partial charge on any atom is -0.481 e. The van der Waals surface area contributed by atoms with Gasteiger partial charge in [0.05, 0.1) is 12.7 Å². The van der Waals surface area contributed by atoms with E-state index < -0.39 is 30.4 Å². The Bertz CT molecular complexity index is 1560. The molecule has 0 amide bonds. The number of cyclic esters (lactones) is 2. The van der Waals surface area contributed by atoms with Gasteiger partial charge in [0.25, 0.3) is 0 Å². The lowest BCUT2D eigenvalue weighted by atomic mass is 9.96. The highest BCUT2D eigenvalue weighted by molar-refractivity contribution is 5.88. The highest BCUT2D eigenvalue weighted by Gasteiger charge is 2.27. The van der Waals surface area contributed by atoms with E-state index in [1.165, 1.54) is 14.0 Å². The first-order valence-corrected chi connectivity index (χ1v) is 22.5. The lowest BCUT2D eigenvalue weighted by molar-refractivity contribution is -0.154. The molecule has 0 fully saturated rings. The molecule has 0 aromatic carbocycles. The number of aliphatic hydroxyl groups is 2. The Morgan fingerprint density at radius 1 is 0.859 bits per heavy atom. The quantitative estimate of drug-likeness (QED) is 0.0652. The molecule has 3 N–H and O–H groups in total. The van der Waals surface area contributed by atoms with E-state index in [0.29, 0.717) is 19.3 Å². The number of hydrogen-bond donors (Lipinski definition) is 3. The Hall–Kier alpha value is -4.21. The number of Topliss-reactive ketones (excluding diaryl/α,β-unsaturated/α-hetero) is 1. The average molecular weight is 905 g/mol. The summed E-state index contributed by atoms with van der Waals surface area (Å²) in [6, 6.07) is 0. The third-order valence-electron chi connectivity index (χ3n) is 10.3. The lowest BCUT2D eigenvalue weighted by Gasteiger charge is -2.27. The molecule has 0 saturated carbocycles. The van der Waals surface area contributed by atoms with Crippen molar-refractivity contribution in [3.05, 3.63) is 71.4 Å². The molecule has 2 aliphatic rings. The monoisotopic (exact) mass is 905 g/mol. The Kier molecular flexibility index (Phi) is 33.7. The minimum atomic E-state index is -0.774. The first-order chi connectivity index (χ1) is 30.4. The fourth-order valence-corrected chi connectivity index (χ4v) is 6.73. The van der Waals surface area contributed by atoms with Crippen LogP contribution in [0, 0.1) is 17.8 Å². The summed E-state index contributed by atoms with van der Waals surface area (Å²) < 4.78 is 31.9. The van der Waals surface area contributed by atoms with Gasteiger partial charge in [-0.3, -0.25) is 24.0 Å². The second-order valence-corrected chi connectivity index (χ2v) is 16.5. The summed E-state index contributed by atoms with van der Waals surface area (Å²) in [4.78, 5) is 57.1. The molecule has 0 aliphatic carbocycles. The minimum absolute atomic E-state index is 0.0197. The molecule has 0 bridgehead atoms. The topological polar surface area (TPSA) is 201 Å². The van der Waals surface area contributed by atoms with Crippen molar-refractivity contribution in [2.45, 2.75) is 156 Å². The Morgan fingerprint density at radius 2 is 1.44 bits per heavy atom. The van der Waals surface area contributed by atoms with Crippen molar-refractivity contribution in [1.82, 2.24) is 0 Å². The maximum Gasteiger partial charge on any atom is 0.306 e. The van der Waals surface area contributed by atoms with E-state index in [9.17, 15) is 29.1 Å². The predicted molar refractivity (Wildman–Crippen MR) is 247 cm³/mol. The predicted octanol–water partition coefficient (Wildman–Crippen LogP) is 8.15. The SMILES string of the molecule is CO[C@@H](/C=C/CCCCC(=O)O)[C@@H](O)C(C)/C=C(/C)CO.CO[C@H]1/C=C/CCCCC(=O)OC/C(C)=C\C(C)C1=O.CO[C@H]1/C=C/CCCCC(=O)OC/C(C)=C\C(C)[C@@H]1OC(C)=O. The number of hydrogen-bond acceptors (Lipinski definition) is 13. The average Bonchev–Trinajstić information content (AvgIpc) is 3.25. The van der Waals surface area contributed by atoms with Gasteiger partial charge in [-0.1, -0.05) is 81.0 Å². The number of carboxylic acid groups (broad SMARTS) is 1. The zero-order valence-electron chi connectivity index (χ0n) is 40.3. The van der Waals surface area contributed by atoms with E-state index in [1.54, 1.807) is 14.2 Å². The summed E-state index contributed by atoms with van der Waals surface area (Å²) in [5.74, 6) is -1.88. The highest BCUT2D eigenvalue weighted by atomic mass is 16.6. The first-order valence-electron chi connectivity index (χ1n) is 22.5. The summed E-state index contributed by atoms with van der Waals surface area (Å²) in [5, 5.41) is 27.7. The number of carbonyl (C=O) groups excluding carboxylic acids is 4. The third-order valence-corrected chi connectivity index (χ3v) is 10.3. The molecule has 0 saturated heterocycles. The molecular weight excluding hydrogens is 825 g/mol. The van der Waals surface area contributed by atoms with E-state index in [0.717, 1.165) is 68.1 Å². The van der Waals surface area contributed by atoms with Crippen LogP contribution >= 0.6 is 0 Å². The molecule has 64 heavy (non-hydrogen) atoms. The molecular formula is C50H80O14. The second kappa shape index (κ2) is 36.1. The van der Waals surface area contributed by atoms with Gasteiger partial charge in [0.1, 0.15) is 37.6 Å². The van der Waals surface area contributed by atoms with Gasteiger partial charge in [0.2, 0.25) is 0 Å². The van der Waals surface area contributed by atoms with Crippen LogP contribution in [0.25, 0.3) is 0 Å². The molecule has 14 heteroatoms. The molecule has 0 aromatic heterocycles. The maximum atomic E-state index is 12.2. The summed E-state index contributed by atoms with van der Waals surface area (Å²) in [5.41, 5.74) is 2.63. The zero-order chi connectivity index (χ0) is 48.5. The zero-order valence-corrected chi connectivity index (χ0v) is 40.3. The number of ketones is 1. The van der Waals surface area contributed by atoms with Crippen molar-refractivity contribution < 1.29 is 67.7 Å². The molecule has 0 radical (unpaired) electrons. The van der Waals surface area contributed by atoms with Crippen LogP contribution in [0.15, 0.2) is 71.4 Å². The smallest absolute Gasteiger partial charge is 0.306 e.